The summed E-state index contributed by atoms with van der Waals surface area (Å²) in [5, 5.41) is 0.766. The van der Waals surface area contributed by atoms with Crippen molar-refractivity contribution in [2.24, 2.45) is 0 Å². The number of hydrogen-bond acceptors (Lipinski definition) is 2. The van der Waals surface area contributed by atoms with Crippen LogP contribution in [0.3, 0.4) is 0 Å². The smallest absolute Gasteiger partial charge is 0.333 e. The van der Waals surface area contributed by atoms with Gasteiger partial charge in [0.05, 0.1) is 6.10 Å². The van der Waals surface area contributed by atoms with Crippen molar-refractivity contribution < 1.29 is 9.53 Å². The van der Waals surface area contributed by atoms with Crippen LogP contribution in [0, 0.1) is 0 Å². The second-order valence-electron chi connectivity index (χ2n) is 6.82. The van der Waals surface area contributed by atoms with Gasteiger partial charge in [-0.15, -0.1) is 0 Å². The Bertz CT molecular complexity index is 547. The molecule has 0 spiro atoms. The number of ether oxygens (including phenoxy) is 1. The van der Waals surface area contributed by atoms with E-state index in [4.69, 9.17) is 16.3 Å². The van der Waals surface area contributed by atoms with Crippen LogP contribution < -0.4 is 0 Å². The molecule has 2 unspecified atom stereocenters. The summed E-state index contributed by atoms with van der Waals surface area (Å²) < 4.78 is 5.60. The van der Waals surface area contributed by atoms with Crippen molar-refractivity contribution in [3.63, 3.8) is 0 Å². The molecule has 0 aromatic heterocycles. The van der Waals surface area contributed by atoms with Gasteiger partial charge >= 0.3 is 5.97 Å². The third-order valence-corrected chi connectivity index (χ3v) is 5.04. The van der Waals surface area contributed by atoms with Gasteiger partial charge < -0.3 is 4.74 Å². The minimum atomic E-state index is -0.118. The maximum atomic E-state index is 12.3. The van der Waals surface area contributed by atoms with E-state index in [0.29, 0.717) is 5.92 Å². The lowest BCUT2D eigenvalue weighted by Gasteiger charge is -2.22. The van der Waals surface area contributed by atoms with E-state index in [1.54, 1.807) is 0 Å². The summed E-state index contributed by atoms with van der Waals surface area (Å²) in [4.78, 5) is 12.3. The highest BCUT2D eigenvalue weighted by Crippen LogP contribution is 2.33. The molecule has 1 aromatic carbocycles. The van der Waals surface area contributed by atoms with Gasteiger partial charge in [-0.2, -0.15) is 0 Å². The Morgan fingerprint density at radius 3 is 2.62 bits per heavy atom. The summed E-state index contributed by atoms with van der Waals surface area (Å²) in [5.41, 5.74) is 2.15. The second kappa shape index (κ2) is 9.88. The molecule has 1 aromatic rings. The molecule has 0 aliphatic heterocycles. The van der Waals surface area contributed by atoms with Gasteiger partial charge in [-0.3, -0.25) is 0 Å². The fourth-order valence-corrected chi connectivity index (χ4v) is 3.36. The molecule has 0 amide bonds. The van der Waals surface area contributed by atoms with Crippen molar-refractivity contribution in [1.82, 2.24) is 0 Å². The van der Waals surface area contributed by atoms with Crippen molar-refractivity contribution in [2.75, 3.05) is 0 Å². The van der Waals surface area contributed by atoms with E-state index < -0.39 is 0 Å². The molecule has 2 atom stereocenters. The van der Waals surface area contributed by atoms with Crippen LogP contribution in [0.15, 0.2) is 35.9 Å². The fraction of sp³-hybridized carbons (Fsp3) is 0.571. The molecule has 132 valence electrons. The minimum Gasteiger partial charge on any atom is -0.459 e. The lowest BCUT2D eigenvalue weighted by atomic mass is 9.84. The van der Waals surface area contributed by atoms with Gasteiger partial charge in [-0.05, 0) is 62.6 Å². The third kappa shape index (κ3) is 5.98. The Morgan fingerprint density at radius 1 is 1.25 bits per heavy atom. The van der Waals surface area contributed by atoms with Crippen molar-refractivity contribution in [3.05, 3.63) is 46.5 Å². The van der Waals surface area contributed by atoms with E-state index in [1.807, 2.05) is 19.1 Å². The maximum Gasteiger partial charge on any atom is 0.333 e. The first-order valence-corrected chi connectivity index (χ1v) is 9.63. The van der Waals surface area contributed by atoms with Crippen LogP contribution in [-0.2, 0) is 9.53 Å². The Labute approximate surface area is 151 Å². The first-order valence-electron chi connectivity index (χ1n) is 9.25. The minimum absolute atomic E-state index is 0.0178. The molecule has 3 heteroatoms. The molecule has 0 fully saturated rings. The zero-order valence-electron chi connectivity index (χ0n) is 14.9. The molecule has 2 rings (SSSR count). The Morgan fingerprint density at radius 2 is 2.00 bits per heavy atom. The Hall–Kier alpha value is -1.28. The second-order valence-corrected chi connectivity index (χ2v) is 7.25. The molecular weight excluding hydrogens is 320 g/mol. The zero-order chi connectivity index (χ0) is 17.4. The number of carbonyl (C=O) groups is 1. The van der Waals surface area contributed by atoms with Crippen LogP contribution in [0.1, 0.15) is 76.7 Å². The van der Waals surface area contributed by atoms with Crippen molar-refractivity contribution in [1.29, 1.82) is 0 Å². The molecule has 0 heterocycles. The number of esters is 1. The molecule has 24 heavy (non-hydrogen) atoms. The van der Waals surface area contributed by atoms with E-state index in [2.05, 4.69) is 25.1 Å². The predicted molar refractivity (Wildman–Crippen MR) is 100 cm³/mol. The number of hydrogen-bond donors (Lipinski definition) is 0. The van der Waals surface area contributed by atoms with Gasteiger partial charge in [0.2, 0.25) is 0 Å². The molecule has 1 aliphatic rings. The van der Waals surface area contributed by atoms with Gasteiger partial charge in [0, 0.05) is 10.6 Å². The topological polar surface area (TPSA) is 26.3 Å². The highest BCUT2D eigenvalue weighted by molar-refractivity contribution is 6.30. The number of halogens is 1. The first kappa shape index (κ1) is 19.1. The Balaban J connectivity index is 1.79. The number of benzene rings is 1. The van der Waals surface area contributed by atoms with Crippen LogP contribution in [0.4, 0.5) is 0 Å². The molecule has 0 bridgehead atoms. The maximum absolute atomic E-state index is 12.3. The highest BCUT2D eigenvalue weighted by Gasteiger charge is 2.22. The largest absolute Gasteiger partial charge is 0.459 e. The van der Waals surface area contributed by atoms with Crippen LogP contribution in [0.2, 0.25) is 5.02 Å². The fourth-order valence-electron chi connectivity index (χ4n) is 3.23. The standard InChI is InChI=1S/C21H29ClO2/c1-3-4-5-6-7-16(2)24-21(23)19-10-8-17(9-11-19)18-12-14-20(22)15-13-18/h10,12-17H,3-9,11H2,1-2H3. The van der Waals surface area contributed by atoms with E-state index in [-0.39, 0.29) is 12.1 Å². The quantitative estimate of drug-likeness (QED) is 0.399. The predicted octanol–water partition coefficient (Wildman–Crippen LogP) is 6.44. The van der Waals surface area contributed by atoms with E-state index in [1.165, 1.54) is 24.8 Å². The lowest BCUT2D eigenvalue weighted by Crippen LogP contribution is -2.18. The molecule has 2 nitrogen and oxygen atoms in total. The molecule has 0 saturated heterocycles. The summed E-state index contributed by atoms with van der Waals surface area (Å²) >= 11 is 5.94. The van der Waals surface area contributed by atoms with E-state index in [9.17, 15) is 4.79 Å². The third-order valence-electron chi connectivity index (χ3n) is 4.79. The summed E-state index contributed by atoms with van der Waals surface area (Å²) in [6.07, 6.45) is 10.6. The molecule has 0 N–H and O–H groups in total. The van der Waals surface area contributed by atoms with Gasteiger partial charge in [0.1, 0.15) is 0 Å². The van der Waals surface area contributed by atoms with Gasteiger partial charge in [-0.1, -0.05) is 56.0 Å². The average molecular weight is 349 g/mol. The molecular formula is C21H29ClO2. The molecule has 0 radical (unpaired) electrons. The summed E-state index contributed by atoms with van der Waals surface area (Å²) in [7, 11) is 0. The van der Waals surface area contributed by atoms with Crippen molar-refractivity contribution >= 4 is 17.6 Å². The number of unbranched alkanes of at least 4 members (excludes halogenated alkanes) is 3. The number of allylic oxidation sites excluding steroid dienone is 1. The van der Waals surface area contributed by atoms with Crippen molar-refractivity contribution in [3.8, 4) is 0 Å². The average Bonchev–Trinajstić information content (AvgIpc) is 2.59. The molecule has 0 saturated carbocycles. The molecule has 1 aliphatic carbocycles. The summed E-state index contributed by atoms with van der Waals surface area (Å²) in [5.74, 6) is 0.359. The summed E-state index contributed by atoms with van der Waals surface area (Å²) in [6, 6.07) is 8.04. The normalized spacial score (nSPS) is 18.8. The zero-order valence-corrected chi connectivity index (χ0v) is 15.6. The highest BCUT2D eigenvalue weighted by atomic mass is 35.5. The monoisotopic (exact) mass is 348 g/mol. The van der Waals surface area contributed by atoms with E-state index >= 15 is 0 Å². The van der Waals surface area contributed by atoms with E-state index in [0.717, 1.165) is 42.7 Å². The van der Waals surface area contributed by atoms with Gasteiger partial charge in [0.25, 0.3) is 0 Å². The SMILES string of the molecule is CCCCCCC(C)OC(=O)C1=CCC(c2ccc(Cl)cc2)CC1. The van der Waals surface area contributed by atoms with Crippen LogP contribution in [-0.4, -0.2) is 12.1 Å². The van der Waals surface area contributed by atoms with Crippen molar-refractivity contribution in [2.45, 2.75) is 77.2 Å². The Kier molecular flexibility index (Phi) is 7.84. The first-order chi connectivity index (χ1) is 11.6. The van der Waals surface area contributed by atoms with Crippen LogP contribution >= 0.6 is 11.6 Å². The van der Waals surface area contributed by atoms with Gasteiger partial charge in [-0.25, -0.2) is 4.79 Å². The van der Waals surface area contributed by atoms with Gasteiger partial charge in [0.15, 0.2) is 0 Å². The number of carbonyl (C=O) groups excluding carboxylic acids is 1. The summed E-state index contributed by atoms with van der Waals surface area (Å²) in [6.45, 7) is 4.21. The lowest BCUT2D eigenvalue weighted by molar-refractivity contribution is -0.144. The van der Waals surface area contributed by atoms with Crippen LogP contribution in [0.25, 0.3) is 0 Å². The number of rotatable bonds is 8. The van der Waals surface area contributed by atoms with Crippen LogP contribution in [0.5, 0.6) is 0 Å².